The van der Waals surface area contributed by atoms with Crippen LogP contribution in [0.1, 0.15) is 5.56 Å². The van der Waals surface area contributed by atoms with Crippen molar-refractivity contribution in [1.29, 1.82) is 0 Å². The molecule has 0 aliphatic rings. The summed E-state index contributed by atoms with van der Waals surface area (Å²) in [5.41, 5.74) is -1.93. The summed E-state index contributed by atoms with van der Waals surface area (Å²) in [7, 11) is -1.54. The number of para-hydroxylation sites is 2. The second kappa shape index (κ2) is 6.86. The first-order valence-corrected chi connectivity index (χ1v) is 9.40. The molecule has 3 rings (SSSR count). The standard InChI is InChI=1S/C18H15F3N2O4S/c1-23-15-8-7-11(9-12(15)13(10-17(23)24)18(19,20)21)28(25,26)22-14-5-3-4-6-16(14)27-2/h3-10,22H,1-2H3. The molecule has 0 aliphatic heterocycles. The Morgan fingerprint density at radius 3 is 2.39 bits per heavy atom. The fourth-order valence-electron chi connectivity index (χ4n) is 2.77. The maximum Gasteiger partial charge on any atom is 0.417 e. The number of aryl methyl sites for hydroxylation is 1. The fraction of sp³-hybridized carbons (Fsp3) is 0.167. The number of sulfonamides is 1. The van der Waals surface area contributed by atoms with Crippen LogP contribution in [0.25, 0.3) is 10.9 Å². The topological polar surface area (TPSA) is 77.4 Å². The normalized spacial score (nSPS) is 12.2. The van der Waals surface area contributed by atoms with Crippen molar-refractivity contribution in [3.05, 3.63) is 64.4 Å². The monoisotopic (exact) mass is 412 g/mol. The molecule has 3 aromatic rings. The minimum Gasteiger partial charge on any atom is -0.495 e. The minimum absolute atomic E-state index is 0.0314. The average Bonchev–Trinajstić information content (AvgIpc) is 2.63. The van der Waals surface area contributed by atoms with E-state index in [1.165, 1.54) is 32.4 Å². The van der Waals surface area contributed by atoms with E-state index in [2.05, 4.69) is 4.72 Å². The molecule has 1 heterocycles. The predicted octanol–water partition coefficient (Wildman–Crippen LogP) is 3.37. The zero-order valence-electron chi connectivity index (χ0n) is 14.7. The lowest BCUT2D eigenvalue weighted by atomic mass is 10.1. The number of methoxy groups -OCH3 is 1. The van der Waals surface area contributed by atoms with Crippen LogP contribution in [-0.2, 0) is 23.2 Å². The van der Waals surface area contributed by atoms with E-state index in [0.29, 0.717) is 6.07 Å². The van der Waals surface area contributed by atoms with Crippen molar-refractivity contribution in [2.75, 3.05) is 11.8 Å². The van der Waals surface area contributed by atoms with Crippen LogP contribution in [0.2, 0.25) is 0 Å². The molecule has 0 aliphatic carbocycles. The van der Waals surface area contributed by atoms with Crippen LogP contribution in [-0.4, -0.2) is 20.1 Å². The van der Waals surface area contributed by atoms with E-state index >= 15 is 0 Å². The van der Waals surface area contributed by atoms with Gasteiger partial charge in [-0.3, -0.25) is 9.52 Å². The van der Waals surface area contributed by atoms with Crippen molar-refractivity contribution in [2.24, 2.45) is 7.05 Å². The molecule has 28 heavy (non-hydrogen) atoms. The Kier molecular flexibility index (Phi) is 4.84. The summed E-state index contributed by atoms with van der Waals surface area (Å²) >= 11 is 0. The largest absolute Gasteiger partial charge is 0.495 e. The number of nitrogens with zero attached hydrogens (tertiary/aromatic N) is 1. The molecule has 148 valence electrons. The van der Waals surface area contributed by atoms with Crippen molar-refractivity contribution < 1.29 is 26.3 Å². The summed E-state index contributed by atoms with van der Waals surface area (Å²) in [6.07, 6.45) is -4.82. The van der Waals surface area contributed by atoms with Gasteiger partial charge in [0, 0.05) is 18.5 Å². The van der Waals surface area contributed by atoms with Gasteiger partial charge in [-0.05, 0) is 30.3 Å². The van der Waals surface area contributed by atoms with Crippen molar-refractivity contribution >= 4 is 26.6 Å². The van der Waals surface area contributed by atoms with Gasteiger partial charge in [0.1, 0.15) is 5.75 Å². The second-order valence-corrected chi connectivity index (χ2v) is 7.62. The summed E-state index contributed by atoms with van der Waals surface area (Å²) < 4.78 is 73.9. The molecule has 0 spiro atoms. The van der Waals surface area contributed by atoms with E-state index in [9.17, 15) is 26.4 Å². The van der Waals surface area contributed by atoms with Crippen LogP contribution >= 0.6 is 0 Å². The minimum atomic E-state index is -4.82. The van der Waals surface area contributed by atoms with Crippen LogP contribution < -0.4 is 15.0 Å². The number of benzene rings is 2. The highest BCUT2D eigenvalue weighted by atomic mass is 32.2. The van der Waals surface area contributed by atoms with Crippen molar-refractivity contribution in [2.45, 2.75) is 11.1 Å². The highest BCUT2D eigenvalue weighted by Crippen LogP contribution is 2.35. The molecular formula is C18H15F3N2O4S. The number of aromatic nitrogens is 1. The van der Waals surface area contributed by atoms with Crippen LogP contribution in [0.3, 0.4) is 0 Å². The van der Waals surface area contributed by atoms with Gasteiger partial charge in [0.2, 0.25) is 0 Å². The zero-order valence-corrected chi connectivity index (χ0v) is 15.6. The first-order valence-electron chi connectivity index (χ1n) is 7.91. The Balaban J connectivity index is 2.18. The molecule has 0 unspecified atom stereocenters. The van der Waals surface area contributed by atoms with Crippen molar-refractivity contribution in [3.63, 3.8) is 0 Å². The van der Waals surface area contributed by atoms with E-state index in [-0.39, 0.29) is 21.8 Å². The lowest BCUT2D eigenvalue weighted by Crippen LogP contribution is -2.21. The number of anilines is 1. The number of ether oxygens (including phenoxy) is 1. The van der Waals surface area contributed by atoms with E-state index in [1.807, 2.05) is 0 Å². The maximum atomic E-state index is 13.4. The first-order chi connectivity index (χ1) is 13.0. The lowest BCUT2D eigenvalue weighted by Gasteiger charge is -2.15. The van der Waals surface area contributed by atoms with E-state index in [0.717, 1.165) is 16.7 Å². The van der Waals surface area contributed by atoms with Gasteiger partial charge in [-0.25, -0.2) is 8.42 Å². The molecule has 0 radical (unpaired) electrons. The highest BCUT2D eigenvalue weighted by molar-refractivity contribution is 7.92. The number of nitrogens with one attached hydrogen (secondary N) is 1. The quantitative estimate of drug-likeness (QED) is 0.713. The predicted molar refractivity (Wildman–Crippen MR) is 98.0 cm³/mol. The summed E-state index contributed by atoms with van der Waals surface area (Å²) in [4.78, 5) is 11.4. The molecule has 6 nitrogen and oxygen atoms in total. The van der Waals surface area contributed by atoms with Gasteiger partial charge in [0.15, 0.2) is 0 Å². The van der Waals surface area contributed by atoms with Gasteiger partial charge in [-0.15, -0.1) is 0 Å². The number of pyridine rings is 1. The molecule has 2 aromatic carbocycles. The SMILES string of the molecule is COc1ccccc1NS(=O)(=O)c1ccc2c(c1)c(C(F)(F)F)cc(=O)n2C. The van der Waals surface area contributed by atoms with Crippen molar-refractivity contribution in [1.82, 2.24) is 4.57 Å². The van der Waals surface area contributed by atoms with Gasteiger partial charge >= 0.3 is 6.18 Å². The summed E-state index contributed by atoms with van der Waals surface area (Å²) in [5.74, 6) is 0.255. The number of rotatable bonds is 4. The summed E-state index contributed by atoms with van der Waals surface area (Å²) in [5, 5.41) is -0.391. The van der Waals surface area contributed by atoms with Crippen LogP contribution in [0.5, 0.6) is 5.75 Å². The molecule has 0 saturated carbocycles. The van der Waals surface area contributed by atoms with Gasteiger partial charge in [-0.1, -0.05) is 12.1 Å². The summed E-state index contributed by atoms with van der Waals surface area (Å²) in [6.45, 7) is 0. The Morgan fingerprint density at radius 1 is 1.07 bits per heavy atom. The van der Waals surface area contributed by atoms with E-state index in [1.54, 1.807) is 12.1 Å². The molecule has 0 saturated heterocycles. The molecule has 0 atom stereocenters. The Morgan fingerprint density at radius 2 is 1.75 bits per heavy atom. The molecule has 1 N–H and O–H groups in total. The van der Waals surface area contributed by atoms with Gasteiger partial charge < -0.3 is 9.30 Å². The third-order valence-corrected chi connectivity index (χ3v) is 5.55. The third-order valence-electron chi connectivity index (χ3n) is 4.18. The molecule has 0 bridgehead atoms. The van der Waals surface area contributed by atoms with E-state index in [4.69, 9.17) is 4.74 Å². The van der Waals surface area contributed by atoms with Gasteiger partial charge in [0.25, 0.3) is 15.6 Å². The highest BCUT2D eigenvalue weighted by Gasteiger charge is 2.34. The van der Waals surface area contributed by atoms with Crippen LogP contribution in [0.4, 0.5) is 18.9 Å². The van der Waals surface area contributed by atoms with Crippen molar-refractivity contribution in [3.8, 4) is 5.75 Å². The van der Waals surface area contributed by atoms with Gasteiger partial charge in [0.05, 0.1) is 28.8 Å². The number of alkyl halides is 3. The number of halogens is 3. The lowest BCUT2D eigenvalue weighted by molar-refractivity contribution is -0.136. The summed E-state index contributed by atoms with van der Waals surface area (Å²) in [6, 6.07) is 9.88. The first kappa shape index (κ1) is 19.7. The molecule has 1 aromatic heterocycles. The van der Waals surface area contributed by atoms with Crippen LogP contribution in [0, 0.1) is 0 Å². The molecular weight excluding hydrogens is 397 g/mol. The molecule has 10 heteroatoms. The number of hydrogen-bond donors (Lipinski definition) is 1. The maximum absolute atomic E-state index is 13.4. The number of fused-ring (bicyclic) bond motifs is 1. The Hall–Kier alpha value is -3.01. The molecule has 0 amide bonds. The Labute approximate surface area is 158 Å². The third kappa shape index (κ3) is 3.55. The molecule has 0 fully saturated rings. The zero-order chi connectivity index (χ0) is 20.7. The Bertz CT molecular complexity index is 1220. The second-order valence-electron chi connectivity index (χ2n) is 5.94. The van der Waals surface area contributed by atoms with Crippen LogP contribution in [0.15, 0.2) is 58.2 Å². The average molecular weight is 412 g/mol. The van der Waals surface area contributed by atoms with Gasteiger partial charge in [-0.2, -0.15) is 13.2 Å². The fourth-order valence-corrected chi connectivity index (χ4v) is 3.87. The smallest absolute Gasteiger partial charge is 0.417 e. The van der Waals surface area contributed by atoms with E-state index < -0.39 is 32.7 Å². The number of hydrogen-bond acceptors (Lipinski definition) is 4.